The van der Waals surface area contributed by atoms with Crippen LogP contribution >= 0.6 is 11.8 Å². The lowest BCUT2D eigenvalue weighted by Crippen LogP contribution is -2.37. The molecule has 0 aliphatic carbocycles. The van der Waals surface area contributed by atoms with Crippen LogP contribution in [0.1, 0.15) is 5.56 Å². The molecule has 0 aromatic heterocycles. The van der Waals surface area contributed by atoms with E-state index in [1.54, 1.807) is 38.5 Å². The van der Waals surface area contributed by atoms with Gasteiger partial charge in [0.05, 0.1) is 38.2 Å². The molecule has 2 fully saturated rings. The first kappa shape index (κ1) is 19.8. The highest BCUT2D eigenvalue weighted by atomic mass is 32.2. The third-order valence-electron chi connectivity index (χ3n) is 4.52. The van der Waals surface area contributed by atoms with E-state index in [1.807, 2.05) is 4.90 Å². The molecule has 2 heterocycles. The zero-order chi connectivity index (χ0) is 19.6. The molecule has 0 spiro atoms. The van der Waals surface area contributed by atoms with Crippen molar-refractivity contribution in [2.45, 2.75) is 17.7 Å². The normalized spacial score (nSPS) is 24.7. The summed E-state index contributed by atoms with van der Waals surface area (Å²) in [4.78, 5) is 18.6. The highest BCUT2D eigenvalue weighted by Crippen LogP contribution is 2.38. The quantitative estimate of drug-likeness (QED) is 0.658. The van der Waals surface area contributed by atoms with Gasteiger partial charge in [-0.3, -0.25) is 4.79 Å². The summed E-state index contributed by atoms with van der Waals surface area (Å²) in [6, 6.07) is 5.15. The Labute approximate surface area is 163 Å². The average molecular weight is 411 g/mol. The maximum atomic E-state index is 12.5. The molecule has 0 saturated carbocycles. The van der Waals surface area contributed by atoms with E-state index in [2.05, 4.69) is 11.6 Å². The molecule has 0 N–H and O–H groups in total. The van der Waals surface area contributed by atoms with Gasteiger partial charge in [-0.15, -0.1) is 6.58 Å². The van der Waals surface area contributed by atoms with E-state index in [1.165, 1.54) is 11.8 Å². The topological polar surface area (TPSA) is 85.3 Å². The molecule has 0 bridgehead atoms. The Kier molecular flexibility index (Phi) is 5.81. The number of fused-ring (bicyclic) bond motifs is 1. The first-order valence-electron chi connectivity index (χ1n) is 8.44. The minimum absolute atomic E-state index is 0.0809. The van der Waals surface area contributed by atoms with Crippen molar-refractivity contribution in [2.75, 3.05) is 32.3 Å². The van der Waals surface area contributed by atoms with Gasteiger partial charge in [-0.05, 0) is 17.7 Å². The number of nitrogens with zero attached hydrogens (tertiary/aromatic N) is 2. The zero-order valence-corrected chi connectivity index (χ0v) is 16.9. The van der Waals surface area contributed by atoms with E-state index >= 15 is 0 Å². The molecular weight excluding hydrogens is 388 g/mol. The van der Waals surface area contributed by atoms with Gasteiger partial charge in [0, 0.05) is 11.8 Å². The highest BCUT2D eigenvalue weighted by Gasteiger charge is 2.48. The van der Waals surface area contributed by atoms with Crippen LogP contribution in [0.5, 0.6) is 11.5 Å². The van der Waals surface area contributed by atoms with Crippen LogP contribution in [0.4, 0.5) is 0 Å². The summed E-state index contributed by atoms with van der Waals surface area (Å²) in [7, 11) is 0.0593. The molecule has 0 unspecified atom stereocenters. The Morgan fingerprint density at radius 1 is 1.33 bits per heavy atom. The Hall–Kier alpha value is -2.00. The summed E-state index contributed by atoms with van der Waals surface area (Å²) in [5.74, 6) is 1.08. The van der Waals surface area contributed by atoms with Gasteiger partial charge in [0.2, 0.25) is 0 Å². The highest BCUT2D eigenvalue weighted by molar-refractivity contribution is 8.15. The number of hydrogen-bond donors (Lipinski definition) is 0. The summed E-state index contributed by atoms with van der Waals surface area (Å²) in [6.07, 6.45) is 1.82. The van der Waals surface area contributed by atoms with E-state index in [9.17, 15) is 13.2 Å². The monoisotopic (exact) mass is 410 g/mol. The number of carbonyl (C=O) groups is 1. The smallest absolute Gasteiger partial charge is 0.252 e. The third kappa shape index (κ3) is 4.30. The predicted molar refractivity (Wildman–Crippen MR) is 106 cm³/mol. The fraction of sp³-hybridized carbons (Fsp3) is 0.444. The van der Waals surface area contributed by atoms with Crippen LogP contribution in [0.15, 0.2) is 35.8 Å². The van der Waals surface area contributed by atoms with Crippen LogP contribution in [0.3, 0.4) is 0 Å². The number of sulfone groups is 1. The van der Waals surface area contributed by atoms with Crippen molar-refractivity contribution in [3.8, 4) is 11.5 Å². The van der Waals surface area contributed by atoms with Gasteiger partial charge in [-0.25, -0.2) is 8.42 Å². The van der Waals surface area contributed by atoms with Crippen molar-refractivity contribution in [2.24, 2.45) is 4.99 Å². The molecule has 2 saturated heterocycles. The molecule has 146 valence electrons. The minimum Gasteiger partial charge on any atom is -0.493 e. The number of methoxy groups -OCH3 is 2. The second-order valence-corrected chi connectivity index (χ2v) is 9.76. The van der Waals surface area contributed by atoms with Crippen molar-refractivity contribution < 1.29 is 22.7 Å². The molecule has 2 aliphatic rings. The van der Waals surface area contributed by atoms with Crippen LogP contribution in [0, 0.1) is 0 Å². The number of amidine groups is 1. The lowest BCUT2D eigenvalue weighted by Gasteiger charge is -2.22. The fourth-order valence-corrected chi connectivity index (χ4v) is 7.28. The molecule has 1 aromatic carbocycles. The summed E-state index contributed by atoms with van der Waals surface area (Å²) in [6.45, 7) is 4.19. The van der Waals surface area contributed by atoms with Crippen LogP contribution in [0.2, 0.25) is 0 Å². The molecular formula is C18H22N2O5S2. The molecule has 3 rings (SSSR count). The number of amides is 1. The SMILES string of the molecule is C=CCN1C(=NC(=O)Cc2ccc(OC)c(OC)c2)S[C@@H]2CS(=O)(=O)C[C@H]21. The number of carbonyl (C=O) groups excluding carboxylic acids is 1. The van der Waals surface area contributed by atoms with Crippen LogP contribution in [-0.4, -0.2) is 68.0 Å². The average Bonchev–Trinajstić information content (AvgIpc) is 3.07. The molecule has 1 amide bonds. The van der Waals surface area contributed by atoms with Crippen LogP contribution < -0.4 is 9.47 Å². The number of aliphatic imine (C=N–C) groups is 1. The van der Waals surface area contributed by atoms with Crippen LogP contribution in [-0.2, 0) is 21.1 Å². The van der Waals surface area contributed by atoms with Gasteiger partial charge in [-0.1, -0.05) is 23.9 Å². The number of benzene rings is 1. The fourth-order valence-electron chi connectivity index (χ4n) is 3.30. The standard InChI is InChI=1S/C18H22N2O5S2/c1-4-7-20-13-10-27(22,23)11-16(13)26-18(20)19-17(21)9-12-5-6-14(24-2)15(8-12)25-3/h4-6,8,13,16H,1,7,9-11H2,2-3H3/t13-,16-/m1/s1. The predicted octanol–water partition coefficient (Wildman–Crippen LogP) is 1.53. The summed E-state index contributed by atoms with van der Waals surface area (Å²) >= 11 is 1.37. The molecule has 27 heavy (non-hydrogen) atoms. The van der Waals surface area contributed by atoms with Gasteiger partial charge >= 0.3 is 0 Å². The van der Waals surface area contributed by atoms with Crippen molar-refractivity contribution in [1.29, 1.82) is 0 Å². The zero-order valence-electron chi connectivity index (χ0n) is 15.3. The first-order chi connectivity index (χ1) is 12.9. The Bertz CT molecular complexity index is 882. The largest absolute Gasteiger partial charge is 0.493 e. The molecule has 1 aromatic rings. The maximum absolute atomic E-state index is 12.5. The second-order valence-electron chi connectivity index (χ2n) is 6.40. The third-order valence-corrected chi connectivity index (χ3v) is 7.77. The molecule has 2 atom stereocenters. The van der Waals surface area contributed by atoms with Crippen molar-refractivity contribution in [3.63, 3.8) is 0 Å². The van der Waals surface area contributed by atoms with Crippen LogP contribution in [0.25, 0.3) is 0 Å². The van der Waals surface area contributed by atoms with E-state index in [-0.39, 0.29) is 35.1 Å². The van der Waals surface area contributed by atoms with Gasteiger partial charge in [-0.2, -0.15) is 4.99 Å². The molecule has 9 heteroatoms. The minimum atomic E-state index is -3.03. The summed E-state index contributed by atoms with van der Waals surface area (Å²) in [5.41, 5.74) is 0.767. The van der Waals surface area contributed by atoms with Crippen molar-refractivity contribution in [1.82, 2.24) is 4.90 Å². The van der Waals surface area contributed by atoms with Crippen molar-refractivity contribution >= 4 is 32.7 Å². The number of rotatable bonds is 6. The number of thioether (sulfide) groups is 1. The van der Waals surface area contributed by atoms with E-state index < -0.39 is 9.84 Å². The second kappa shape index (κ2) is 7.93. The van der Waals surface area contributed by atoms with E-state index in [0.717, 1.165) is 5.56 Å². The Morgan fingerprint density at radius 2 is 2.07 bits per heavy atom. The lowest BCUT2D eigenvalue weighted by atomic mass is 10.1. The van der Waals surface area contributed by atoms with Gasteiger partial charge in [0.25, 0.3) is 5.91 Å². The van der Waals surface area contributed by atoms with E-state index in [0.29, 0.717) is 23.2 Å². The van der Waals surface area contributed by atoms with Gasteiger partial charge in [0.15, 0.2) is 26.5 Å². The molecule has 7 nitrogen and oxygen atoms in total. The van der Waals surface area contributed by atoms with E-state index in [4.69, 9.17) is 9.47 Å². The van der Waals surface area contributed by atoms with Gasteiger partial charge in [0.1, 0.15) is 0 Å². The Morgan fingerprint density at radius 3 is 2.74 bits per heavy atom. The summed E-state index contributed by atoms with van der Waals surface area (Å²) < 4.78 is 34.2. The Balaban J connectivity index is 1.76. The summed E-state index contributed by atoms with van der Waals surface area (Å²) in [5, 5.41) is 0.493. The first-order valence-corrected chi connectivity index (χ1v) is 11.1. The van der Waals surface area contributed by atoms with Gasteiger partial charge < -0.3 is 14.4 Å². The lowest BCUT2D eigenvalue weighted by molar-refractivity contribution is -0.117. The molecule has 2 aliphatic heterocycles. The van der Waals surface area contributed by atoms with Crippen molar-refractivity contribution in [3.05, 3.63) is 36.4 Å². The number of hydrogen-bond acceptors (Lipinski definition) is 6. The number of ether oxygens (including phenoxy) is 2. The maximum Gasteiger partial charge on any atom is 0.252 e. The molecule has 0 radical (unpaired) electrons.